The highest BCUT2D eigenvalue weighted by molar-refractivity contribution is 9.10. The van der Waals surface area contributed by atoms with Crippen LogP contribution in [-0.4, -0.2) is 53.8 Å². The van der Waals surface area contributed by atoms with Gasteiger partial charge in [0.15, 0.2) is 4.67 Å². The van der Waals surface area contributed by atoms with Gasteiger partial charge in [-0.1, -0.05) is 15.9 Å². The molecule has 6 heteroatoms. The fraction of sp³-hybridized carbons (Fsp3) is 0.583. The maximum atomic E-state index is 12.3. The van der Waals surface area contributed by atoms with Gasteiger partial charge in [0.05, 0.1) is 11.8 Å². The van der Waals surface area contributed by atoms with Crippen molar-refractivity contribution in [3.05, 3.63) is 22.6 Å². The van der Waals surface area contributed by atoms with Gasteiger partial charge in [0.25, 0.3) is 5.91 Å². The third kappa shape index (κ3) is 3.36. The van der Waals surface area contributed by atoms with Crippen LogP contribution < -0.4 is 0 Å². The van der Waals surface area contributed by atoms with Crippen LogP contribution in [0.4, 0.5) is 0 Å². The van der Waals surface area contributed by atoms with Gasteiger partial charge in [-0.15, -0.1) is 0 Å². The van der Waals surface area contributed by atoms with Crippen LogP contribution in [0.25, 0.3) is 0 Å². The van der Waals surface area contributed by atoms with Crippen LogP contribution in [0.2, 0.25) is 0 Å². The van der Waals surface area contributed by atoms with E-state index in [4.69, 9.17) is 4.42 Å². The average molecular weight is 380 g/mol. The van der Waals surface area contributed by atoms with Gasteiger partial charge in [-0.05, 0) is 35.0 Å². The monoisotopic (exact) mass is 378 g/mol. The van der Waals surface area contributed by atoms with E-state index in [1.165, 1.54) is 6.26 Å². The lowest BCUT2D eigenvalue weighted by Crippen LogP contribution is -2.35. The molecule has 2 heterocycles. The maximum absolute atomic E-state index is 12.3. The quantitative estimate of drug-likeness (QED) is 0.757. The highest BCUT2D eigenvalue weighted by Gasteiger charge is 2.22. The fourth-order valence-electron chi connectivity index (χ4n) is 2.13. The Bertz CT molecular complexity index is 409. The van der Waals surface area contributed by atoms with E-state index in [9.17, 15) is 4.79 Å². The summed E-state index contributed by atoms with van der Waals surface area (Å²) in [4.78, 5) is 16.6. The lowest BCUT2D eigenvalue weighted by Gasteiger charge is -2.21. The second-order valence-corrected chi connectivity index (χ2v) is 5.80. The highest BCUT2D eigenvalue weighted by Crippen LogP contribution is 2.20. The predicted octanol–water partition coefficient (Wildman–Crippen LogP) is 2.58. The molecular weight excluding hydrogens is 364 g/mol. The van der Waals surface area contributed by atoms with E-state index in [0.29, 0.717) is 10.2 Å². The van der Waals surface area contributed by atoms with Crippen LogP contribution in [0, 0.1) is 0 Å². The van der Waals surface area contributed by atoms with Gasteiger partial charge in [0.2, 0.25) is 0 Å². The third-order valence-corrected chi connectivity index (χ3v) is 4.09. The Morgan fingerprint density at radius 1 is 1.33 bits per heavy atom. The maximum Gasteiger partial charge on any atom is 0.258 e. The Morgan fingerprint density at radius 3 is 2.83 bits per heavy atom. The largest absolute Gasteiger partial charge is 0.457 e. The number of hydrogen-bond acceptors (Lipinski definition) is 3. The van der Waals surface area contributed by atoms with Gasteiger partial charge >= 0.3 is 0 Å². The minimum atomic E-state index is 0.0521. The van der Waals surface area contributed by atoms with Crippen molar-refractivity contribution < 1.29 is 9.21 Å². The van der Waals surface area contributed by atoms with Crippen LogP contribution in [0.15, 0.2) is 21.4 Å². The SMILES string of the molecule is O=C(c1ccoc1Br)N1CCCN(CCBr)CC1. The molecule has 0 saturated carbocycles. The smallest absolute Gasteiger partial charge is 0.258 e. The molecule has 0 radical (unpaired) electrons. The molecule has 0 unspecified atom stereocenters. The van der Waals surface area contributed by atoms with Crippen molar-refractivity contribution in [2.24, 2.45) is 0 Å². The van der Waals surface area contributed by atoms with Crippen molar-refractivity contribution in [1.29, 1.82) is 0 Å². The zero-order valence-electron chi connectivity index (χ0n) is 10.1. The van der Waals surface area contributed by atoms with Crippen molar-refractivity contribution >= 4 is 37.8 Å². The molecule has 0 N–H and O–H groups in total. The van der Waals surface area contributed by atoms with E-state index >= 15 is 0 Å². The molecule has 1 aliphatic heterocycles. The zero-order valence-corrected chi connectivity index (χ0v) is 13.2. The van der Waals surface area contributed by atoms with E-state index in [2.05, 4.69) is 36.8 Å². The lowest BCUT2D eigenvalue weighted by atomic mass is 10.3. The average Bonchev–Trinajstić information content (AvgIpc) is 2.64. The summed E-state index contributed by atoms with van der Waals surface area (Å²) in [5, 5.41) is 0.980. The molecule has 1 aliphatic rings. The molecule has 0 spiro atoms. The molecule has 0 aliphatic carbocycles. The number of halogens is 2. The van der Waals surface area contributed by atoms with Crippen molar-refractivity contribution in [2.75, 3.05) is 38.1 Å². The van der Waals surface area contributed by atoms with Crippen LogP contribution >= 0.6 is 31.9 Å². The minimum Gasteiger partial charge on any atom is -0.457 e. The number of carbonyl (C=O) groups is 1. The van der Waals surface area contributed by atoms with Crippen LogP contribution in [0.5, 0.6) is 0 Å². The summed E-state index contributed by atoms with van der Waals surface area (Å²) in [6.07, 6.45) is 2.56. The summed E-state index contributed by atoms with van der Waals surface area (Å²) in [5.41, 5.74) is 0.615. The van der Waals surface area contributed by atoms with Crippen LogP contribution in [0.1, 0.15) is 16.8 Å². The number of alkyl halides is 1. The molecule has 0 aromatic carbocycles. The second kappa shape index (κ2) is 6.73. The molecule has 1 aromatic heterocycles. The minimum absolute atomic E-state index is 0.0521. The van der Waals surface area contributed by atoms with Gasteiger partial charge in [-0.25, -0.2) is 0 Å². The molecule has 1 saturated heterocycles. The summed E-state index contributed by atoms with van der Waals surface area (Å²) in [6, 6.07) is 1.72. The van der Waals surface area contributed by atoms with Gasteiger partial charge in [0, 0.05) is 31.5 Å². The van der Waals surface area contributed by atoms with Gasteiger partial charge in [-0.2, -0.15) is 0 Å². The fourth-order valence-corrected chi connectivity index (χ4v) is 3.04. The Kier molecular flexibility index (Phi) is 5.26. The Labute approximate surface area is 124 Å². The summed E-state index contributed by atoms with van der Waals surface area (Å²) >= 11 is 6.71. The lowest BCUT2D eigenvalue weighted by molar-refractivity contribution is 0.0760. The van der Waals surface area contributed by atoms with Crippen molar-refractivity contribution in [3.63, 3.8) is 0 Å². The van der Waals surface area contributed by atoms with Gasteiger partial charge in [-0.3, -0.25) is 4.79 Å². The van der Waals surface area contributed by atoms with E-state index in [1.54, 1.807) is 6.07 Å². The first kappa shape index (κ1) is 14.1. The molecule has 2 rings (SSSR count). The topological polar surface area (TPSA) is 36.7 Å². The normalized spacial score (nSPS) is 17.8. The number of carbonyl (C=O) groups excluding carboxylic acids is 1. The molecule has 1 fully saturated rings. The summed E-state index contributed by atoms with van der Waals surface area (Å²) in [5.74, 6) is 0.0521. The molecule has 0 atom stereocenters. The Hall–Kier alpha value is -0.330. The van der Waals surface area contributed by atoms with E-state index in [-0.39, 0.29) is 5.91 Å². The second-order valence-electron chi connectivity index (χ2n) is 4.28. The first-order valence-electron chi connectivity index (χ1n) is 6.03. The zero-order chi connectivity index (χ0) is 13.0. The number of nitrogens with zero attached hydrogens (tertiary/aromatic N) is 2. The number of amides is 1. The van der Waals surface area contributed by atoms with E-state index < -0.39 is 0 Å². The molecule has 0 bridgehead atoms. The van der Waals surface area contributed by atoms with Crippen molar-refractivity contribution in [1.82, 2.24) is 9.80 Å². The van der Waals surface area contributed by atoms with E-state index in [1.807, 2.05) is 4.90 Å². The number of furan rings is 1. The van der Waals surface area contributed by atoms with Crippen molar-refractivity contribution in [2.45, 2.75) is 6.42 Å². The number of rotatable bonds is 3. The Morgan fingerprint density at radius 2 is 2.17 bits per heavy atom. The first-order chi connectivity index (χ1) is 8.72. The molecule has 100 valence electrons. The van der Waals surface area contributed by atoms with Crippen LogP contribution in [-0.2, 0) is 0 Å². The Balaban J connectivity index is 1.98. The highest BCUT2D eigenvalue weighted by atomic mass is 79.9. The molecule has 18 heavy (non-hydrogen) atoms. The predicted molar refractivity (Wildman–Crippen MR) is 77.2 cm³/mol. The van der Waals surface area contributed by atoms with E-state index in [0.717, 1.165) is 44.5 Å². The summed E-state index contributed by atoms with van der Waals surface area (Å²) in [6.45, 7) is 4.63. The van der Waals surface area contributed by atoms with Gasteiger partial charge < -0.3 is 14.2 Å². The standard InChI is InChI=1S/C12H16Br2N2O2/c13-3-6-15-4-1-5-16(8-7-15)12(17)10-2-9-18-11(10)14/h2,9H,1,3-8H2. The van der Waals surface area contributed by atoms with Crippen molar-refractivity contribution in [3.8, 4) is 0 Å². The third-order valence-electron chi connectivity index (χ3n) is 3.12. The summed E-state index contributed by atoms with van der Waals surface area (Å²) < 4.78 is 5.64. The molecular formula is C12H16Br2N2O2. The van der Waals surface area contributed by atoms with Gasteiger partial charge in [0.1, 0.15) is 0 Å². The molecule has 1 amide bonds. The summed E-state index contributed by atoms with van der Waals surface area (Å²) in [7, 11) is 0. The number of hydrogen-bond donors (Lipinski definition) is 0. The first-order valence-corrected chi connectivity index (χ1v) is 7.94. The molecule has 4 nitrogen and oxygen atoms in total. The van der Waals surface area contributed by atoms with Crippen LogP contribution in [0.3, 0.4) is 0 Å². The molecule has 1 aromatic rings.